The fourth-order valence-corrected chi connectivity index (χ4v) is 2.27. The molecule has 1 nitrogen and oxygen atoms in total. The summed E-state index contributed by atoms with van der Waals surface area (Å²) in [6, 6.07) is 4.63. The zero-order valence-corrected chi connectivity index (χ0v) is 7.95. The largest absolute Gasteiger partial charge is 0.298 e. The van der Waals surface area contributed by atoms with Crippen molar-refractivity contribution >= 4 is 39.3 Å². The van der Waals surface area contributed by atoms with Crippen LogP contribution in [0.3, 0.4) is 0 Å². The first kappa shape index (κ1) is 8.66. The molecule has 0 aliphatic heterocycles. The monoisotopic (exact) mass is 214 g/mol. The summed E-state index contributed by atoms with van der Waals surface area (Å²) in [6.45, 7) is 0. The maximum atomic E-state index is 12.8. The Kier molecular flexibility index (Phi) is 2.06. The number of aldehydes is 1. The minimum Gasteiger partial charge on any atom is -0.298 e. The molecule has 0 aliphatic carbocycles. The maximum Gasteiger partial charge on any atom is 0.177 e. The van der Waals surface area contributed by atoms with Crippen LogP contribution in [0.2, 0.25) is 5.02 Å². The highest BCUT2D eigenvalue weighted by molar-refractivity contribution is 7.17. The normalized spacial score (nSPS) is 10.6. The van der Waals surface area contributed by atoms with Crippen molar-refractivity contribution in [2.45, 2.75) is 0 Å². The first-order chi connectivity index (χ1) is 6.22. The molecule has 2 rings (SSSR count). The molecule has 0 spiro atoms. The number of thiophene rings is 1. The molecule has 0 atom stereocenters. The molecule has 0 aliphatic rings. The number of hydrogen-bond acceptors (Lipinski definition) is 2. The number of fused-ring (bicyclic) bond motifs is 1. The van der Waals surface area contributed by atoms with Crippen LogP contribution in [-0.4, -0.2) is 6.29 Å². The third-order valence-corrected chi connectivity index (χ3v) is 3.07. The van der Waals surface area contributed by atoms with E-state index in [1.807, 2.05) is 0 Å². The zero-order valence-electron chi connectivity index (χ0n) is 6.38. The molecule has 0 bridgehead atoms. The van der Waals surface area contributed by atoms with Gasteiger partial charge in [0, 0.05) is 15.6 Å². The summed E-state index contributed by atoms with van der Waals surface area (Å²) in [6.07, 6.45) is 0.664. The van der Waals surface area contributed by atoms with E-state index in [0.717, 1.165) is 16.0 Å². The standard InChI is InChI=1S/C9H4ClFOS/c10-9-5(4-12)1-2-7-6(9)3-8(11)13-7/h1-4H. The van der Waals surface area contributed by atoms with Crippen LogP contribution in [0.1, 0.15) is 10.4 Å². The van der Waals surface area contributed by atoms with Gasteiger partial charge >= 0.3 is 0 Å². The molecule has 4 heteroatoms. The van der Waals surface area contributed by atoms with Crippen molar-refractivity contribution in [3.63, 3.8) is 0 Å². The highest BCUT2D eigenvalue weighted by atomic mass is 35.5. The number of halogens is 2. The lowest BCUT2D eigenvalue weighted by Crippen LogP contribution is -1.80. The molecule has 0 amide bonds. The van der Waals surface area contributed by atoms with Gasteiger partial charge in [-0.1, -0.05) is 11.6 Å². The van der Waals surface area contributed by atoms with Gasteiger partial charge in [-0.25, -0.2) is 0 Å². The van der Waals surface area contributed by atoms with Gasteiger partial charge in [0.1, 0.15) is 0 Å². The van der Waals surface area contributed by atoms with Crippen molar-refractivity contribution in [3.8, 4) is 0 Å². The second-order valence-electron chi connectivity index (χ2n) is 2.55. The van der Waals surface area contributed by atoms with Gasteiger partial charge in [-0.15, -0.1) is 11.3 Å². The average Bonchev–Trinajstić information content (AvgIpc) is 2.47. The summed E-state index contributed by atoms with van der Waals surface area (Å²) in [5.41, 5.74) is 0.395. The van der Waals surface area contributed by atoms with Crippen molar-refractivity contribution in [1.82, 2.24) is 0 Å². The predicted molar refractivity (Wildman–Crippen MR) is 52.2 cm³/mol. The average molecular weight is 215 g/mol. The van der Waals surface area contributed by atoms with E-state index in [1.54, 1.807) is 12.1 Å². The maximum absolute atomic E-state index is 12.8. The molecule has 2 aromatic rings. The van der Waals surface area contributed by atoms with Gasteiger partial charge in [-0.3, -0.25) is 4.79 Å². The predicted octanol–water partition coefficient (Wildman–Crippen LogP) is 3.51. The van der Waals surface area contributed by atoms with Crippen LogP contribution < -0.4 is 0 Å². The highest BCUT2D eigenvalue weighted by Gasteiger charge is 2.08. The van der Waals surface area contributed by atoms with Crippen molar-refractivity contribution in [3.05, 3.63) is 33.9 Å². The van der Waals surface area contributed by atoms with Crippen molar-refractivity contribution in [2.75, 3.05) is 0 Å². The Morgan fingerprint density at radius 3 is 2.92 bits per heavy atom. The van der Waals surface area contributed by atoms with E-state index in [-0.39, 0.29) is 5.13 Å². The molecule has 0 N–H and O–H groups in total. The molecule has 1 aromatic heterocycles. The third kappa shape index (κ3) is 1.34. The summed E-state index contributed by atoms with van der Waals surface area (Å²) in [4.78, 5) is 10.5. The second kappa shape index (κ2) is 3.09. The van der Waals surface area contributed by atoms with E-state index < -0.39 is 0 Å². The molecule has 13 heavy (non-hydrogen) atoms. The van der Waals surface area contributed by atoms with E-state index in [0.29, 0.717) is 22.3 Å². The number of hydrogen-bond donors (Lipinski definition) is 0. The topological polar surface area (TPSA) is 17.1 Å². The molecule has 66 valence electrons. The number of carbonyl (C=O) groups is 1. The molecule has 1 heterocycles. The fraction of sp³-hybridized carbons (Fsp3) is 0. The van der Waals surface area contributed by atoms with Gasteiger partial charge in [0.2, 0.25) is 0 Å². The number of rotatable bonds is 1. The Balaban J connectivity index is 2.85. The molecule has 0 saturated carbocycles. The zero-order chi connectivity index (χ0) is 9.42. The second-order valence-corrected chi connectivity index (χ2v) is 3.96. The summed E-state index contributed by atoms with van der Waals surface area (Å²) in [7, 11) is 0. The Labute approximate surface area is 82.7 Å². The van der Waals surface area contributed by atoms with Crippen LogP contribution in [0, 0.1) is 5.13 Å². The molecule has 0 radical (unpaired) electrons. The van der Waals surface area contributed by atoms with Gasteiger partial charge in [-0.05, 0) is 18.2 Å². The summed E-state index contributed by atoms with van der Waals surface area (Å²) in [5.74, 6) is 0. The van der Waals surface area contributed by atoms with Crippen molar-refractivity contribution in [1.29, 1.82) is 0 Å². The quantitative estimate of drug-likeness (QED) is 0.664. The third-order valence-electron chi connectivity index (χ3n) is 1.76. The molecule has 0 fully saturated rings. The first-order valence-electron chi connectivity index (χ1n) is 3.55. The Hall–Kier alpha value is -0.930. The SMILES string of the molecule is O=Cc1ccc2sc(F)cc2c1Cl. The van der Waals surface area contributed by atoms with E-state index >= 15 is 0 Å². The number of carbonyl (C=O) groups excluding carboxylic acids is 1. The van der Waals surface area contributed by atoms with Crippen LogP contribution in [0.15, 0.2) is 18.2 Å². The smallest absolute Gasteiger partial charge is 0.177 e. The molecule has 0 saturated heterocycles. The lowest BCUT2D eigenvalue weighted by Gasteiger charge is -1.95. The van der Waals surface area contributed by atoms with Gasteiger partial charge in [0.25, 0.3) is 0 Å². The minimum atomic E-state index is -0.292. The number of benzene rings is 1. The van der Waals surface area contributed by atoms with Gasteiger partial charge < -0.3 is 0 Å². The van der Waals surface area contributed by atoms with E-state index in [1.165, 1.54) is 6.07 Å². The van der Waals surface area contributed by atoms with Crippen LogP contribution in [0.25, 0.3) is 10.1 Å². The van der Waals surface area contributed by atoms with Crippen molar-refractivity contribution in [2.24, 2.45) is 0 Å². The fourth-order valence-electron chi connectivity index (χ4n) is 1.15. The Morgan fingerprint density at radius 2 is 2.23 bits per heavy atom. The molecular weight excluding hydrogens is 211 g/mol. The summed E-state index contributed by atoms with van der Waals surface area (Å²) >= 11 is 6.88. The van der Waals surface area contributed by atoms with E-state index in [2.05, 4.69) is 0 Å². The van der Waals surface area contributed by atoms with E-state index in [9.17, 15) is 9.18 Å². The first-order valence-corrected chi connectivity index (χ1v) is 4.74. The van der Waals surface area contributed by atoms with Crippen LogP contribution in [-0.2, 0) is 0 Å². The lowest BCUT2D eigenvalue weighted by molar-refractivity contribution is 0.112. The highest BCUT2D eigenvalue weighted by Crippen LogP contribution is 2.32. The molecular formula is C9H4ClFOS. The lowest BCUT2D eigenvalue weighted by atomic mass is 10.2. The van der Waals surface area contributed by atoms with Gasteiger partial charge in [0.05, 0.1) is 5.02 Å². The van der Waals surface area contributed by atoms with E-state index in [4.69, 9.17) is 11.6 Å². The van der Waals surface area contributed by atoms with Gasteiger partial charge in [0.15, 0.2) is 11.4 Å². The minimum absolute atomic E-state index is 0.292. The Morgan fingerprint density at radius 1 is 1.46 bits per heavy atom. The molecule has 0 unspecified atom stereocenters. The van der Waals surface area contributed by atoms with Gasteiger partial charge in [-0.2, -0.15) is 4.39 Å². The van der Waals surface area contributed by atoms with Crippen LogP contribution >= 0.6 is 22.9 Å². The van der Waals surface area contributed by atoms with Crippen LogP contribution in [0.4, 0.5) is 4.39 Å². The van der Waals surface area contributed by atoms with Crippen LogP contribution in [0.5, 0.6) is 0 Å². The summed E-state index contributed by atoms with van der Waals surface area (Å²) in [5, 5.41) is 0.640. The Bertz CT molecular complexity index is 478. The summed E-state index contributed by atoms with van der Waals surface area (Å²) < 4.78 is 13.6. The molecule has 1 aromatic carbocycles. The van der Waals surface area contributed by atoms with Crippen molar-refractivity contribution < 1.29 is 9.18 Å².